The molecule has 6 nitrogen and oxygen atoms in total. The maximum absolute atomic E-state index is 13.2. The summed E-state index contributed by atoms with van der Waals surface area (Å²) in [4.78, 5) is 19.6. The number of nitrogen functional groups attached to an aromatic ring is 1. The van der Waals surface area contributed by atoms with Crippen LogP contribution in [0.25, 0.3) is 10.9 Å². The average Bonchev–Trinajstić information content (AvgIpc) is 3.00. The quantitative estimate of drug-likeness (QED) is 0.352. The van der Waals surface area contributed by atoms with Crippen molar-refractivity contribution in [1.29, 1.82) is 5.26 Å². The van der Waals surface area contributed by atoms with E-state index in [1.54, 1.807) is 25.1 Å². The van der Waals surface area contributed by atoms with E-state index in [0.29, 0.717) is 10.9 Å². The highest BCUT2D eigenvalue weighted by Crippen LogP contribution is 2.38. The minimum absolute atomic E-state index is 0.0169. The average molecular weight is 438 g/mol. The van der Waals surface area contributed by atoms with Gasteiger partial charge in [0.15, 0.2) is 0 Å². The molecule has 0 aliphatic heterocycles. The molecule has 0 radical (unpaired) electrons. The van der Waals surface area contributed by atoms with Gasteiger partial charge in [-0.2, -0.15) is 18.4 Å². The molecule has 0 saturated carbocycles. The first kappa shape index (κ1) is 20.9. The van der Waals surface area contributed by atoms with Crippen LogP contribution in [0.3, 0.4) is 0 Å². The molecule has 0 aliphatic rings. The lowest BCUT2D eigenvalue weighted by Crippen LogP contribution is -2.12. The summed E-state index contributed by atoms with van der Waals surface area (Å²) in [5.41, 5.74) is 6.40. The number of nitrogens with zero attached hydrogens (tertiary/aromatic N) is 3. The molecular weight excluding hydrogens is 425 g/mol. The highest BCUT2D eigenvalue weighted by Gasteiger charge is 2.35. The molecule has 150 valence electrons. The standard InChI is InChI=1S/C18H13F3N4O2S2/c1-2-27-16(26)13-11(10(7-22)14(23)29-13)8-28-15-9-5-3-4-6-12(9)24-17(25-15)18(19,20)21/h3-6H,2,8,23H2,1H3. The molecule has 0 spiro atoms. The Hall–Kier alpha value is -2.84. The van der Waals surface area contributed by atoms with Gasteiger partial charge >= 0.3 is 12.1 Å². The van der Waals surface area contributed by atoms with E-state index in [1.807, 2.05) is 6.07 Å². The minimum Gasteiger partial charge on any atom is -0.462 e. The Labute approximate surface area is 171 Å². The number of nitriles is 1. The number of rotatable bonds is 5. The van der Waals surface area contributed by atoms with E-state index in [4.69, 9.17) is 10.5 Å². The van der Waals surface area contributed by atoms with Crippen LogP contribution in [-0.2, 0) is 16.7 Å². The number of alkyl halides is 3. The van der Waals surface area contributed by atoms with Crippen LogP contribution >= 0.6 is 23.1 Å². The summed E-state index contributed by atoms with van der Waals surface area (Å²) in [5, 5.41) is 10.1. The first-order valence-corrected chi connectivity index (χ1v) is 10.0. The number of fused-ring (bicyclic) bond motifs is 1. The number of benzene rings is 1. The summed E-state index contributed by atoms with van der Waals surface area (Å²) < 4.78 is 44.5. The van der Waals surface area contributed by atoms with Crippen LogP contribution in [0.2, 0.25) is 0 Å². The smallest absolute Gasteiger partial charge is 0.451 e. The number of anilines is 1. The van der Waals surface area contributed by atoms with Crippen LogP contribution in [0.5, 0.6) is 0 Å². The fourth-order valence-electron chi connectivity index (χ4n) is 2.53. The second-order valence-corrected chi connectivity index (χ2v) is 7.65. The summed E-state index contributed by atoms with van der Waals surface area (Å²) in [6.45, 7) is 1.77. The zero-order chi connectivity index (χ0) is 21.2. The van der Waals surface area contributed by atoms with Crippen LogP contribution in [0.4, 0.5) is 18.2 Å². The number of esters is 1. The Bertz CT molecular complexity index is 1120. The van der Waals surface area contributed by atoms with Gasteiger partial charge in [-0.1, -0.05) is 18.2 Å². The normalized spacial score (nSPS) is 11.4. The second kappa shape index (κ2) is 8.26. The molecular formula is C18H13F3N4O2S2. The molecule has 0 unspecified atom stereocenters. The fraction of sp³-hybridized carbons (Fsp3) is 0.222. The predicted octanol–water partition coefficient (Wildman–Crippen LogP) is 4.63. The topological polar surface area (TPSA) is 102 Å². The van der Waals surface area contributed by atoms with Crippen molar-refractivity contribution in [3.63, 3.8) is 0 Å². The monoisotopic (exact) mass is 438 g/mol. The molecule has 3 aromatic rings. The van der Waals surface area contributed by atoms with Gasteiger partial charge in [-0.15, -0.1) is 23.1 Å². The molecule has 0 amide bonds. The summed E-state index contributed by atoms with van der Waals surface area (Å²) >= 11 is 1.88. The van der Waals surface area contributed by atoms with E-state index >= 15 is 0 Å². The number of nitrogens with two attached hydrogens (primary N) is 1. The van der Waals surface area contributed by atoms with Crippen LogP contribution in [0.15, 0.2) is 29.3 Å². The Morgan fingerprint density at radius 1 is 1.34 bits per heavy atom. The summed E-state index contributed by atoms with van der Waals surface area (Å²) in [5.74, 6) is -1.87. The Kier molecular flexibility index (Phi) is 5.95. The number of carbonyl (C=O) groups is 1. The molecule has 2 heterocycles. The van der Waals surface area contributed by atoms with Gasteiger partial charge in [0, 0.05) is 16.7 Å². The van der Waals surface area contributed by atoms with Crippen molar-refractivity contribution >= 4 is 45.0 Å². The highest BCUT2D eigenvalue weighted by molar-refractivity contribution is 7.98. The highest BCUT2D eigenvalue weighted by atomic mass is 32.2. The Morgan fingerprint density at radius 3 is 2.72 bits per heavy atom. The van der Waals surface area contributed by atoms with Crippen molar-refractivity contribution in [3.05, 3.63) is 46.1 Å². The Morgan fingerprint density at radius 2 is 2.07 bits per heavy atom. The summed E-state index contributed by atoms with van der Waals surface area (Å²) in [6.07, 6.45) is -4.71. The van der Waals surface area contributed by atoms with Gasteiger partial charge in [0.25, 0.3) is 0 Å². The van der Waals surface area contributed by atoms with Gasteiger partial charge in [0.2, 0.25) is 5.82 Å². The number of halogens is 3. The van der Waals surface area contributed by atoms with E-state index in [1.165, 1.54) is 6.07 Å². The van der Waals surface area contributed by atoms with Crippen LogP contribution in [-0.4, -0.2) is 22.5 Å². The van der Waals surface area contributed by atoms with E-state index in [2.05, 4.69) is 9.97 Å². The molecule has 11 heteroatoms. The first-order chi connectivity index (χ1) is 13.8. The number of para-hydroxylation sites is 1. The summed E-state index contributed by atoms with van der Waals surface area (Å²) in [6, 6.07) is 8.25. The predicted molar refractivity (Wildman–Crippen MR) is 104 cm³/mol. The van der Waals surface area contributed by atoms with Crippen molar-refractivity contribution in [2.24, 2.45) is 0 Å². The third-order valence-corrected chi connectivity index (χ3v) is 5.84. The maximum Gasteiger partial charge on any atom is 0.451 e. The van der Waals surface area contributed by atoms with Crippen LogP contribution in [0, 0.1) is 11.3 Å². The van der Waals surface area contributed by atoms with Crippen LogP contribution < -0.4 is 5.73 Å². The lowest BCUT2D eigenvalue weighted by atomic mass is 10.2. The number of hydrogen-bond acceptors (Lipinski definition) is 8. The fourth-order valence-corrected chi connectivity index (χ4v) is 4.60. The van der Waals surface area contributed by atoms with Gasteiger partial charge in [-0.3, -0.25) is 0 Å². The van der Waals surface area contributed by atoms with E-state index in [9.17, 15) is 23.2 Å². The van der Waals surface area contributed by atoms with Crippen molar-refractivity contribution in [1.82, 2.24) is 9.97 Å². The molecule has 0 atom stereocenters. The van der Waals surface area contributed by atoms with Crippen molar-refractivity contribution < 1.29 is 22.7 Å². The van der Waals surface area contributed by atoms with Crippen molar-refractivity contribution in [2.75, 3.05) is 12.3 Å². The first-order valence-electron chi connectivity index (χ1n) is 8.21. The van der Waals surface area contributed by atoms with Gasteiger partial charge < -0.3 is 10.5 Å². The number of thiophene rings is 1. The third kappa shape index (κ3) is 4.28. The second-order valence-electron chi connectivity index (χ2n) is 5.64. The van der Waals surface area contributed by atoms with E-state index in [-0.39, 0.29) is 38.3 Å². The van der Waals surface area contributed by atoms with Gasteiger partial charge in [0.05, 0.1) is 17.7 Å². The molecule has 29 heavy (non-hydrogen) atoms. The van der Waals surface area contributed by atoms with E-state index < -0.39 is 18.0 Å². The molecule has 3 rings (SSSR count). The number of ether oxygens (including phenoxy) is 1. The molecule has 0 fully saturated rings. The summed E-state index contributed by atoms with van der Waals surface area (Å²) in [7, 11) is 0. The minimum atomic E-state index is -4.71. The number of aromatic nitrogens is 2. The van der Waals surface area contributed by atoms with Gasteiger partial charge in [0.1, 0.15) is 21.0 Å². The van der Waals surface area contributed by atoms with Crippen LogP contribution in [0.1, 0.15) is 33.5 Å². The zero-order valence-electron chi connectivity index (χ0n) is 14.9. The zero-order valence-corrected chi connectivity index (χ0v) is 16.5. The number of carbonyl (C=O) groups excluding carboxylic acids is 1. The van der Waals surface area contributed by atoms with Crippen molar-refractivity contribution in [2.45, 2.75) is 23.9 Å². The molecule has 0 bridgehead atoms. The SMILES string of the molecule is CCOC(=O)c1sc(N)c(C#N)c1CSc1nc(C(F)(F)F)nc2ccccc12. The lowest BCUT2D eigenvalue weighted by Gasteiger charge is -2.10. The van der Waals surface area contributed by atoms with Crippen molar-refractivity contribution in [3.8, 4) is 6.07 Å². The van der Waals surface area contributed by atoms with E-state index in [0.717, 1.165) is 23.1 Å². The van der Waals surface area contributed by atoms with Gasteiger partial charge in [-0.25, -0.2) is 14.8 Å². The number of hydrogen-bond donors (Lipinski definition) is 1. The molecule has 2 N–H and O–H groups in total. The third-order valence-electron chi connectivity index (χ3n) is 3.78. The largest absolute Gasteiger partial charge is 0.462 e. The number of thioether (sulfide) groups is 1. The molecule has 0 saturated heterocycles. The van der Waals surface area contributed by atoms with Gasteiger partial charge in [-0.05, 0) is 13.0 Å². The molecule has 0 aliphatic carbocycles. The lowest BCUT2D eigenvalue weighted by molar-refractivity contribution is -0.145. The molecule has 1 aromatic carbocycles. The molecule has 2 aromatic heterocycles. The Balaban J connectivity index is 2.04. The maximum atomic E-state index is 13.2.